The molecule has 0 radical (unpaired) electrons. The number of carbonyl (C=O) groups is 2. The lowest BCUT2D eigenvalue weighted by Crippen LogP contribution is -2.46. The number of esters is 1. The highest BCUT2D eigenvalue weighted by molar-refractivity contribution is 5.80. The van der Waals surface area contributed by atoms with Crippen molar-refractivity contribution < 1.29 is 14.3 Å². The van der Waals surface area contributed by atoms with Gasteiger partial charge in [-0.1, -0.05) is 13.8 Å². The second kappa shape index (κ2) is 7.48. The van der Waals surface area contributed by atoms with Crippen molar-refractivity contribution in [2.75, 3.05) is 26.2 Å². The van der Waals surface area contributed by atoms with Crippen LogP contribution in [0.25, 0.3) is 0 Å². The molecule has 19 heavy (non-hydrogen) atoms. The van der Waals surface area contributed by atoms with Crippen LogP contribution in [0.5, 0.6) is 0 Å². The molecular weight excluding hydrogens is 244 g/mol. The van der Waals surface area contributed by atoms with Gasteiger partial charge in [-0.25, -0.2) is 0 Å². The summed E-state index contributed by atoms with van der Waals surface area (Å²) in [6.45, 7) is 7.90. The molecule has 1 aliphatic heterocycles. The first-order chi connectivity index (χ1) is 9.01. The van der Waals surface area contributed by atoms with Crippen LogP contribution in [0.3, 0.4) is 0 Å². The van der Waals surface area contributed by atoms with Crippen molar-refractivity contribution in [2.24, 2.45) is 23.5 Å². The van der Waals surface area contributed by atoms with E-state index in [1.165, 1.54) is 0 Å². The number of rotatable bonds is 5. The lowest BCUT2D eigenvalue weighted by atomic mass is 9.91. The largest absolute Gasteiger partial charge is 0.466 e. The average Bonchev–Trinajstić information content (AvgIpc) is 2.39. The lowest BCUT2D eigenvalue weighted by Gasteiger charge is -2.34. The van der Waals surface area contributed by atoms with Gasteiger partial charge in [0.15, 0.2) is 0 Å². The first kappa shape index (κ1) is 16.0. The highest BCUT2D eigenvalue weighted by atomic mass is 16.5. The number of likely N-dealkylation sites (tertiary alicyclic amines) is 1. The van der Waals surface area contributed by atoms with E-state index in [0.717, 1.165) is 0 Å². The van der Waals surface area contributed by atoms with Crippen molar-refractivity contribution in [1.82, 2.24) is 4.90 Å². The Morgan fingerprint density at radius 1 is 1.32 bits per heavy atom. The monoisotopic (exact) mass is 270 g/mol. The third kappa shape index (κ3) is 4.20. The minimum absolute atomic E-state index is 0.0561. The fourth-order valence-electron chi connectivity index (χ4n) is 2.49. The molecule has 1 fully saturated rings. The summed E-state index contributed by atoms with van der Waals surface area (Å²) in [6, 6.07) is 0. The van der Waals surface area contributed by atoms with Gasteiger partial charge in [0.1, 0.15) is 0 Å². The number of piperidine rings is 1. The first-order valence-corrected chi connectivity index (χ1v) is 7.16. The second-order valence-electron chi connectivity index (χ2n) is 5.44. The highest BCUT2D eigenvalue weighted by Crippen LogP contribution is 2.22. The van der Waals surface area contributed by atoms with Crippen molar-refractivity contribution in [1.29, 1.82) is 0 Å². The molecule has 0 bridgehead atoms. The number of carbonyl (C=O) groups excluding carboxylic acids is 2. The Bertz CT molecular complexity index is 310. The summed E-state index contributed by atoms with van der Waals surface area (Å²) in [5.41, 5.74) is 5.67. The molecule has 110 valence electrons. The Morgan fingerprint density at radius 2 is 1.89 bits per heavy atom. The number of hydrogen-bond acceptors (Lipinski definition) is 4. The van der Waals surface area contributed by atoms with Gasteiger partial charge in [0.25, 0.3) is 0 Å². The molecule has 0 aromatic carbocycles. The molecule has 0 spiro atoms. The van der Waals surface area contributed by atoms with E-state index in [-0.39, 0.29) is 29.6 Å². The summed E-state index contributed by atoms with van der Waals surface area (Å²) >= 11 is 0. The summed E-state index contributed by atoms with van der Waals surface area (Å²) in [5.74, 6) is 0.0763. The van der Waals surface area contributed by atoms with E-state index in [1.807, 2.05) is 25.7 Å². The van der Waals surface area contributed by atoms with Gasteiger partial charge in [0, 0.05) is 19.6 Å². The van der Waals surface area contributed by atoms with Crippen LogP contribution in [0.15, 0.2) is 0 Å². The normalized spacial score (nSPS) is 18.5. The zero-order chi connectivity index (χ0) is 14.4. The van der Waals surface area contributed by atoms with E-state index in [9.17, 15) is 9.59 Å². The summed E-state index contributed by atoms with van der Waals surface area (Å²) < 4.78 is 5.02. The van der Waals surface area contributed by atoms with Gasteiger partial charge in [0.05, 0.1) is 18.4 Å². The van der Waals surface area contributed by atoms with Gasteiger partial charge >= 0.3 is 5.97 Å². The SMILES string of the molecule is CCOC(=O)C1CCN(C(=O)C(CN)C(C)C)CC1. The smallest absolute Gasteiger partial charge is 0.309 e. The van der Waals surface area contributed by atoms with Crippen LogP contribution in [-0.2, 0) is 14.3 Å². The molecule has 5 nitrogen and oxygen atoms in total. The molecule has 5 heteroatoms. The number of nitrogens with two attached hydrogens (primary N) is 1. The molecule has 1 rings (SSSR count). The van der Waals surface area contributed by atoms with E-state index in [1.54, 1.807) is 0 Å². The maximum atomic E-state index is 12.3. The van der Waals surface area contributed by atoms with Crippen LogP contribution in [0, 0.1) is 17.8 Å². The lowest BCUT2D eigenvalue weighted by molar-refractivity contribution is -0.152. The second-order valence-corrected chi connectivity index (χ2v) is 5.44. The summed E-state index contributed by atoms with van der Waals surface area (Å²) in [6.07, 6.45) is 1.39. The number of amides is 1. The van der Waals surface area contributed by atoms with Crippen LogP contribution >= 0.6 is 0 Å². The van der Waals surface area contributed by atoms with Crippen molar-refractivity contribution in [3.63, 3.8) is 0 Å². The van der Waals surface area contributed by atoms with Crippen LogP contribution in [-0.4, -0.2) is 43.0 Å². The molecule has 1 atom stereocenters. The fraction of sp³-hybridized carbons (Fsp3) is 0.857. The molecule has 1 aliphatic rings. The van der Waals surface area contributed by atoms with Gasteiger partial charge < -0.3 is 15.4 Å². The Balaban J connectivity index is 2.49. The van der Waals surface area contributed by atoms with Crippen molar-refractivity contribution in [3.05, 3.63) is 0 Å². The summed E-state index contributed by atoms with van der Waals surface area (Å²) in [7, 11) is 0. The van der Waals surface area contributed by atoms with Crippen molar-refractivity contribution in [3.8, 4) is 0 Å². The van der Waals surface area contributed by atoms with Crippen molar-refractivity contribution in [2.45, 2.75) is 33.6 Å². The van der Waals surface area contributed by atoms with Gasteiger partial charge in [-0.05, 0) is 25.7 Å². The van der Waals surface area contributed by atoms with E-state index in [2.05, 4.69) is 0 Å². The van der Waals surface area contributed by atoms with Crippen LogP contribution in [0.2, 0.25) is 0 Å². The molecule has 1 saturated heterocycles. The zero-order valence-corrected chi connectivity index (χ0v) is 12.2. The zero-order valence-electron chi connectivity index (χ0n) is 12.2. The molecule has 2 N–H and O–H groups in total. The van der Waals surface area contributed by atoms with Gasteiger partial charge in [0.2, 0.25) is 5.91 Å². The van der Waals surface area contributed by atoms with E-state index < -0.39 is 0 Å². The predicted molar refractivity (Wildman–Crippen MR) is 73.3 cm³/mol. The van der Waals surface area contributed by atoms with E-state index >= 15 is 0 Å². The molecule has 0 saturated carbocycles. The number of ether oxygens (including phenoxy) is 1. The maximum absolute atomic E-state index is 12.3. The summed E-state index contributed by atoms with van der Waals surface area (Å²) in [4.78, 5) is 25.8. The van der Waals surface area contributed by atoms with E-state index in [4.69, 9.17) is 10.5 Å². The quantitative estimate of drug-likeness (QED) is 0.757. The Labute approximate surface area is 115 Å². The van der Waals surface area contributed by atoms with Gasteiger partial charge in [-0.3, -0.25) is 9.59 Å². The number of hydrogen-bond donors (Lipinski definition) is 1. The van der Waals surface area contributed by atoms with Crippen LogP contribution in [0.4, 0.5) is 0 Å². The van der Waals surface area contributed by atoms with Crippen LogP contribution < -0.4 is 5.73 Å². The van der Waals surface area contributed by atoms with Gasteiger partial charge in [-0.15, -0.1) is 0 Å². The fourth-order valence-corrected chi connectivity index (χ4v) is 2.49. The maximum Gasteiger partial charge on any atom is 0.309 e. The Morgan fingerprint density at radius 3 is 2.32 bits per heavy atom. The highest BCUT2D eigenvalue weighted by Gasteiger charge is 2.31. The van der Waals surface area contributed by atoms with Gasteiger partial charge in [-0.2, -0.15) is 0 Å². The summed E-state index contributed by atoms with van der Waals surface area (Å²) in [5, 5.41) is 0. The molecule has 0 aliphatic carbocycles. The minimum atomic E-state index is -0.131. The molecule has 0 aromatic heterocycles. The topological polar surface area (TPSA) is 72.6 Å². The minimum Gasteiger partial charge on any atom is -0.466 e. The first-order valence-electron chi connectivity index (χ1n) is 7.16. The van der Waals surface area contributed by atoms with Crippen molar-refractivity contribution >= 4 is 11.9 Å². The standard InChI is InChI=1S/C14H26N2O3/c1-4-19-14(18)11-5-7-16(8-6-11)13(17)12(9-15)10(2)3/h10-12H,4-9,15H2,1-3H3. The Kier molecular flexibility index (Phi) is 6.28. The van der Waals surface area contributed by atoms with E-state index in [0.29, 0.717) is 39.1 Å². The Hall–Kier alpha value is -1.10. The third-order valence-electron chi connectivity index (χ3n) is 3.80. The third-order valence-corrected chi connectivity index (χ3v) is 3.80. The molecule has 1 unspecified atom stereocenters. The predicted octanol–water partition coefficient (Wildman–Crippen LogP) is 1.02. The molecular formula is C14H26N2O3. The molecule has 1 amide bonds. The number of nitrogens with zero attached hydrogens (tertiary/aromatic N) is 1. The molecule has 1 heterocycles. The average molecular weight is 270 g/mol. The molecule has 0 aromatic rings. The van der Waals surface area contributed by atoms with Crippen LogP contribution in [0.1, 0.15) is 33.6 Å².